The van der Waals surface area contributed by atoms with Crippen molar-refractivity contribution in [1.82, 2.24) is 10.3 Å². The number of nitrogens with one attached hydrogen (secondary N) is 1. The van der Waals surface area contributed by atoms with E-state index in [0.29, 0.717) is 17.0 Å². The van der Waals surface area contributed by atoms with Crippen LogP contribution in [0.25, 0.3) is 0 Å². The summed E-state index contributed by atoms with van der Waals surface area (Å²) >= 11 is 1.37. The van der Waals surface area contributed by atoms with Gasteiger partial charge < -0.3 is 16.2 Å². The molecule has 3 rings (SSSR count). The van der Waals surface area contributed by atoms with Gasteiger partial charge in [0.05, 0.1) is 17.5 Å². The number of aromatic nitrogens is 1. The molecule has 0 aliphatic rings. The van der Waals surface area contributed by atoms with Crippen LogP contribution in [0.15, 0.2) is 72.2 Å². The average Bonchev–Trinajstić information content (AvgIpc) is 3.32. The lowest BCUT2D eigenvalue weighted by Gasteiger charge is -2.22. The number of benzene rings is 2. The number of amides is 1. The van der Waals surface area contributed by atoms with E-state index < -0.39 is 33.6 Å². The molecule has 0 saturated heterocycles. The van der Waals surface area contributed by atoms with Crippen molar-refractivity contribution in [2.24, 2.45) is 5.73 Å². The number of nitrogens with two attached hydrogens (primary N) is 1. The Morgan fingerprint density at radius 1 is 1.09 bits per heavy atom. The Labute approximate surface area is 192 Å². The molecule has 0 aliphatic carbocycles. The minimum Gasteiger partial charge on any atom is -0.385 e. The van der Waals surface area contributed by atoms with Gasteiger partial charge in [-0.05, 0) is 17.5 Å². The maximum Gasteiger partial charge on any atom is 0.237 e. The number of sulfone groups is 1. The van der Waals surface area contributed by atoms with Gasteiger partial charge in [-0.3, -0.25) is 4.79 Å². The summed E-state index contributed by atoms with van der Waals surface area (Å²) in [7, 11) is -3.54. The molecule has 3 aromatic rings. The maximum atomic E-state index is 12.4. The molecule has 0 bridgehead atoms. The Balaban J connectivity index is 1.56. The normalized spacial score (nSPS) is 14.4. The predicted octanol–water partition coefficient (Wildman–Crippen LogP) is 2.41. The minimum absolute atomic E-state index is 0.162. The van der Waals surface area contributed by atoms with E-state index in [-0.39, 0.29) is 18.2 Å². The molecular formula is C23H27N3O4S2. The van der Waals surface area contributed by atoms with E-state index in [1.807, 2.05) is 36.4 Å². The van der Waals surface area contributed by atoms with Gasteiger partial charge in [0.25, 0.3) is 0 Å². The Hall–Kier alpha value is -2.59. The maximum absolute atomic E-state index is 12.4. The predicted molar refractivity (Wildman–Crippen MR) is 126 cm³/mol. The SMILES string of the molecule is N[C@@H](CS(=O)(=O)Cc1ccccc1)C(=O)NCC[C@@H](c1ccccc1)C(O)c1nccs1. The van der Waals surface area contributed by atoms with Crippen LogP contribution in [-0.2, 0) is 20.4 Å². The van der Waals surface area contributed by atoms with Crippen molar-refractivity contribution >= 4 is 27.1 Å². The van der Waals surface area contributed by atoms with E-state index >= 15 is 0 Å². The zero-order chi connectivity index (χ0) is 23.0. The summed E-state index contributed by atoms with van der Waals surface area (Å²) in [5.74, 6) is -1.40. The van der Waals surface area contributed by atoms with E-state index in [0.717, 1.165) is 5.56 Å². The molecule has 1 amide bonds. The highest BCUT2D eigenvalue weighted by Gasteiger charge is 2.26. The molecule has 1 aromatic heterocycles. The summed E-state index contributed by atoms with van der Waals surface area (Å²) in [6.45, 7) is 0.243. The number of nitrogens with zero attached hydrogens (tertiary/aromatic N) is 1. The molecule has 0 spiro atoms. The third kappa shape index (κ3) is 6.96. The highest BCUT2D eigenvalue weighted by atomic mass is 32.2. The molecule has 2 aromatic carbocycles. The molecule has 1 heterocycles. The molecule has 0 aliphatic heterocycles. The second-order valence-electron chi connectivity index (χ2n) is 7.56. The zero-order valence-electron chi connectivity index (χ0n) is 17.5. The molecular weight excluding hydrogens is 446 g/mol. The van der Waals surface area contributed by atoms with Crippen molar-refractivity contribution in [1.29, 1.82) is 0 Å². The van der Waals surface area contributed by atoms with Crippen LogP contribution in [0.5, 0.6) is 0 Å². The van der Waals surface area contributed by atoms with Gasteiger partial charge in [-0.2, -0.15) is 0 Å². The number of aliphatic hydroxyl groups excluding tert-OH is 1. The van der Waals surface area contributed by atoms with Gasteiger partial charge in [-0.1, -0.05) is 60.7 Å². The summed E-state index contributed by atoms with van der Waals surface area (Å²) < 4.78 is 24.8. The Bertz CT molecular complexity index is 1070. The van der Waals surface area contributed by atoms with Gasteiger partial charge in [-0.25, -0.2) is 13.4 Å². The van der Waals surface area contributed by atoms with Gasteiger partial charge in [0, 0.05) is 24.0 Å². The van der Waals surface area contributed by atoms with E-state index in [2.05, 4.69) is 10.3 Å². The highest BCUT2D eigenvalue weighted by molar-refractivity contribution is 7.90. The quantitative estimate of drug-likeness (QED) is 0.393. The van der Waals surface area contributed by atoms with Gasteiger partial charge in [0.15, 0.2) is 9.84 Å². The molecule has 1 unspecified atom stereocenters. The van der Waals surface area contributed by atoms with Crippen molar-refractivity contribution < 1.29 is 18.3 Å². The number of carbonyl (C=O) groups is 1. The fraction of sp³-hybridized carbons (Fsp3) is 0.304. The molecule has 3 atom stereocenters. The van der Waals surface area contributed by atoms with Crippen LogP contribution in [0.4, 0.5) is 0 Å². The fourth-order valence-corrected chi connectivity index (χ4v) is 5.68. The van der Waals surface area contributed by atoms with Gasteiger partial charge in [-0.15, -0.1) is 11.3 Å². The number of hydrogen-bond donors (Lipinski definition) is 3. The van der Waals surface area contributed by atoms with Crippen LogP contribution in [0.1, 0.15) is 34.6 Å². The summed E-state index contributed by atoms with van der Waals surface area (Å²) in [6.07, 6.45) is 1.27. The third-order valence-corrected chi connectivity index (χ3v) is 7.55. The highest BCUT2D eigenvalue weighted by Crippen LogP contribution is 2.34. The monoisotopic (exact) mass is 473 g/mol. The first-order chi connectivity index (χ1) is 15.4. The lowest BCUT2D eigenvalue weighted by molar-refractivity contribution is -0.121. The van der Waals surface area contributed by atoms with E-state index in [9.17, 15) is 18.3 Å². The zero-order valence-corrected chi connectivity index (χ0v) is 19.1. The molecule has 7 nitrogen and oxygen atoms in total. The second kappa shape index (κ2) is 11.3. The molecule has 9 heteroatoms. The smallest absolute Gasteiger partial charge is 0.237 e. The Morgan fingerprint density at radius 3 is 2.38 bits per heavy atom. The van der Waals surface area contributed by atoms with Gasteiger partial charge in [0.2, 0.25) is 5.91 Å². The van der Waals surface area contributed by atoms with Crippen molar-refractivity contribution in [2.45, 2.75) is 30.2 Å². The first kappa shape index (κ1) is 24.1. The van der Waals surface area contributed by atoms with E-state index in [1.165, 1.54) is 11.3 Å². The molecule has 0 fully saturated rings. The first-order valence-corrected chi connectivity index (χ1v) is 13.0. The second-order valence-corrected chi connectivity index (χ2v) is 10.6. The Morgan fingerprint density at radius 2 is 1.75 bits per heavy atom. The fourth-order valence-electron chi connectivity index (χ4n) is 3.48. The van der Waals surface area contributed by atoms with Crippen molar-refractivity contribution in [3.05, 3.63) is 88.4 Å². The van der Waals surface area contributed by atoms with Crippen LogP contribution in [0.2, 0.25) is 0 Å². The third-order valence-electron chi connectivity index (χ3n) is 5.07. The van der Waals surface area contributed by atoms with Gasteiger partial charge in [0.1, 0.15) is 11.1 Å². The summed E-state index contributed by atoms with van der Waals surface area (Å²) in [6, 6.07) is 17.1. The van der Waals surface area contributed by atoms with Crippen molar-refractivity contribution in [3.8, 4) is 0 Å². The number of aliphatic hydroxyl groups is 1. The van der Waals surface area contributed by atoms with E-state index in [1.54, 1.807) is 35.8 Å². The van der Waals surface area contributed by atoms with Crippen LogP contribution < -0.4 is 11.1 Å². The summed E-state index contributed by atoms with van der Waals surface area (Å²) in [4.78, 5) is 16.6. The molecule has 0 radical (unpaired) electrons. The first-order valence-electron chi connectivity index (χ1n) is 10.3. The topological polar surface area (TPSA) is 122 Å². The summed E-state index contributed by atoms with van der Waals surface area (Å²) in [5, 5.41) is 15.9. The lowest BCUT2D eigenvalue weighted by atomic mass is 9.90. The van der Waals surface area contributed by atoms with Crippen LogP contribution >= 0.6 is 11.3 Å². The number of thiazole rings is 1. The molecule has 4 N–H and O–H groups in total. The van der Waals surface area contributed by atoms with E-state index in [4.69, 9.17) is 5.73 Å². The van der Waals surface area contributed by atoms with Crippen LogP contribution in [-0.4, -0.2) is 42.8 Å². The largest absolute Gasteiger partial charge is 0.385 e. The average molecular weight is 474 g/mol. The minimum atomic E-state index is -3.54. The van der Waals surface area contributed by atoms with Crippen molar-refractivity contribution in [3.63, 3.8) is 0 Å². The summed E-state index contributed by atoms with van der Waals surface area (Å²) in [5.41, 5.74) is 7.46. The molecule has 32 heavy (non-hydrogen) atoms. The van der Waals surface area contributed by atoms with Crippen molar-refractivity contribution in [2.75, 3.05) is 12.3 Å². The lowest BCUT2D eigenvalue weighted by Crippen LogP contribution is -2.45. The number of carbonyl (C=O) groups excluding carboxylic acids is 1. The Kier molecular flexibility index (Phi) is 8.52. The standard InChI is InChI=1S/C23H27N3O4S2/c24-20(16-32(29,30)15-17-7-3-1-4-8-17)22(28)25-12-11-19(18-9-5-2-6-10-18)21(27)23-26-13-14-31-23/h1-10,13-14,19-21,27H,11-12,15-16,24H2,(H,25,28)/t19-,20-,21?/m0/s1. The van der Waals surface area contributed by atoms with Crippen LogP contribution in [0, 0.1) is 0 Å². The van der Waals surface area contributed by atoms with Gasteiger partial charge >= 0.3 is 0 Å². The molecule has 0 saturated carbocycles. The van der Waals surface area contributed by atoms with Crippen LogP contribution in [0.3, 0.4) is 0 Å². The number of rotatable bonds is 11. The number of hydrogen-bond acceptors (Lipinski definition) is 7. The molecule has 170 valence electrons.